The van der Waals surface area contributed by atoms with Crippen LogP contribution >= 0.6 is 11.3 Å². The second-order valence-corrected chi connectivity index (χ2v) is 4.36. The summed E-state index contributed by atoms with van der Waals surface area (Å²) in [7, 11) is 1.91. The predicted molar refractivity (Wildman–Crippen MR) is 59.5 cm³/mol. The van der Waals surface area contributed by atoms with Gasteiger partial charge in [-0.15, -0.1) is 11.3 Å². The largest absolute Gasteiger partial charge is 0.460 e. The Labute approximate surface area is 87.6 Å². The van der Waals surface area contributed by atoms with Gasteiger partial charge in [-0.05, 0) is 32.2 Å². The molecule has 0 radical (unpaired) electrons. The molecule has 2 rings (SSSR count). The van der Waals surface area contributed by atoms with Crippen LogP contribution in [-0.4, -0.2) is 7.05 Å². The van der Waals surface area contributed by atoms with Gasteiger partial charge in [0.15, 0.2) is 0 Å². The summed E-state index contributed by atoms with van der Waals surface area (Å²) in [6, 6.07) is 6.18. The van der Waals surface area contributed by atoms with Crippen molar-refractivity contribution in [2.75, 3.05) is 7.05 Å². The van der Waals surface area contributed by atoms with Crippen molar-refractivity contribution in [3.8, 4) is 11.3 Å². The second-order valence-electron chi connectivity index (χ2n) is 3.24. The van der Waals surface area contributed by atoms with Crippen LogP contribution in [0.15, 0.2) is 28.0 Å². The third-order valence-electron chi connectivity index (χ3n) is 2.03. The first kappa shape index (κ1) is 9.49. The van der Waals surface area contributed by atoms with Crippen molar-refractivity contribution >= 4 is 11.3 Å². The number of furan rings is 1. The Kier molecular flexibility index (Phi) is 2.70. The van der Waals surface area contributed by atoms with E-state index in [0.29, 0.717) is 0 Å². The summed E-state index contributed by atoms with van der Waals surface area (Å²) in [6.07, 6.45) is 0. The van der Waals surface area contributed by atoms with E-state index in [1.54, 1.807) is 11.3 Å². The van der Waals surface area contributed by atoms with E-state index in [1.165, 1.54) is 10.4 Å². The van der Waals surface area contributed by atoms with Crippen molar-refractivity contribution in [1.82, 2.24) is 5.32 Å². The van der Waals surface area contributed by atoms with Crippen LogP contribution in [0.5, 0.6) is 0 Å². The maximum Gasteiger partial charge on any atom is 0.135 e. The minimum absolute atomic E-state index is 0.781. The van der Waals surface area contributed by atoms with Crippen molar-refractivity contribution in [3.63, 3.8) is 0 Å². The van der Waals surface area contributed by atoms with E-state index in [9.17, 15) is 0 Å². The van der Waals surface area contributed by atoms with Crippen molar-refractivity contribution in [2.24, 2.45) is 0 Å². The Balaban J connectivity index is 2.24. The van der Waals surface area contributed by atoms with Crippen LogP contribution in [0, 0.1) is 6.92 Å². The first-order chi connectivity index (χ1) is 6.79. The Morgan fingerprint density at radius 3 is 2.93 bits per heavy atom. The molecule has 14 heavy (non-hydrogen) atoms. The van der Waals surface area contributed by atoms with Gasteiger partial charge in [-0.3, -0.25) is 0 Å². The summed E-state index contributed by atoms with van der Waals surface area (Å²) in [6.45, 7) is 2.88. The minimum Gasteiger partial charge on any atom is -0.460 e. The molecule has 2 aromatic heterocycles. The lowest BCUT2D eigenvalue weighted by Crippen LogP contribution is -2.03. The summed E-state index contributed by atoms with van der Waals surface area (Å²) < 4.78 is 5.67. The highest BCUT2D eigenvalue weighted by atomic mass is 32.1. The van der Waals surface area contributed by atoms with E-state index in [2.05, 4.69) is 23.7 Å². The number of rotatable bonds is 3. The molecule has 0 aliphatic carbocycles. The molecule has 0 aromatic carbocycles. The SMILES string of the molecule is CNCc1ccc(-c2csc(C)c2)o1. The highest BCUT2D eigenvalue weighted by molar-refractivity contribution is 7.10. The maximum atomic E-state index is 5.67. The zero-order valence-corrected chi connectivity index (χ0v) is 9.15. The van der Waals surface area contributed by atoms with E-state index >= 15 is 0 Å². The number of hydrogen-bond donors (Lipinski definition) is 1. The molecular formula is C11H13NOS. The molecule has 0 amide bonds. The Bertz CT molecular complexity index is 416. The highest BCUT2D eigenvalue weighted by Gasteiger charge is 2.05. The average Bonchev–Trinajstić information content (AvgIpc) is 2.74. The molecule has 74 valence electrons. The van der Waals surface area contributed by atoms with Crippen LogP contribution in [0.3, 0.4) is 0 Å². The molecule has 0 aliphatic heterocycles. The third kappa shape index (κ3) is 1.89. The molecule has 0 spiro atoms. The first-order valence-corrected chi connectivity index (χ1v) is 5.46. The normalized spacial score (nSPS) is 10.7. The lowest BCUT2D eigenvalue weighted by Gasteiger charge is -1.93. The van der Waals surface area contributed by atoms with E-state index < -0.39 is 0 Å². The maximum absolute atomic E-state index is 5.67. The van der Waals surface area contributed by atoms with Crippen LogP contribution in [-0.2, 0) is 6.54 Å². The standard InChI is InChI=1S/C11H13NOS/c1-8-5-9(7-14-8)11-4-3-10(13-11)6-12-2/h3-5,7,12H,6H2,1-2H3. The molecule has 0 saturated carbocycles. The van der Waals surface area contributed by atoms with Gasteiger partial charge in [0.1, 0.15) is 11.5 Å². The van der Waals surface area contributed by atoms with Gasteiger partial charge in [0, 0.05) is 15.8 Å². The summed E-state index contributed by atoms with van der Waals surface area (Å²) in [5.74, 6) is 1.94. The zero-order valence-electron chi connectivity index (χ0n) is 8.33. The number of aryl methyl sites for hydroxylation is 1. The highest BCUT2D eigenvalue weighted by Crippen LogP contribution is 2.26. The summed E-state index contributed by atoms with van der Waals surface area (Å²) >= 11 is 1.75. The van der Waals surface area contributed by atoms with Crippen LogP contribution in [0.1, 0.15) is 10.6 Å². The average molecular weight is 207 g/mol. The number of hydrogen-bond acceptors (Lipinski definition) is 3. The third-order valence-corrected chi connectivity index (χ3v) is 2.89. The monoisotopic (exact) mass is 207 g/mol. The first-order valence-electron chi connectivity index (χ1n) is 4.58. The molecule has 0 bridgehead atoms. The van der Waals surface area contributed by atoms with Gasteiger partial charge in [0.25, 0.3) is 0 Å². The Hall–Kier alpha value is -1.06. The van der Waals surface area contributed by atoms with Gasteiger partial charge >= 0.3 is 0 Å². The van der Waals surface area contributed by atoms with Crippen LogP contribution in [0.2, 0.25) is 0 Å². The molecular weight excluding hydrogens is 194 g/mol. The molecule has 2 aromatic rings. The predicted octanol–water partition coefficient (Wildman–Crippen LogP) is 3.04. The topological polar surface area (TPSA) is 25.2 Å². The molecule has 1 N–H and O–H groups in total. The van der Waals surface area contributed by atoms with E-state index in [0.717, 1.165) is 18.1 Å². The van der Waals surface area contributed by atoms with Crippen molar-refractivity contribution in [3.05, 3.63) is 34.2 Å². The van der Waals surface area contributed by atoms with Crippen molar-refractivity contribution < 1.29 is 4.42 Å². The minimum atomic E-state index is 0.781. The van der Waals surface area contributed by atoms with Crippen LogP contribution in [0.4, 0.5) is 0 Å². The molecule has 0 atom stereocenters. The molecule has 3 heteroatoms. The summed E-state index contributed by atoms with van der Waals surface area (Å²) in [4.78, 5) is 1.31. The summed E-state index contributed by atoms with van der Waals surface area (Å²) in [5.41, 5.74) is 1.18. The Morgan fingerprint density at radius 1 is 1.43 bits per heavy atom. The smallest absolute Gasteiger partial charge is 0.135 e. The van der Waals surface area contributed by atoms with Crippen LogP contribution < -0.4 is 5.32 Å². The fourth-order valence-electron chi connectivity index (χ4n) is 1.37. The van der Waals surface area contributed by atoms with Crippen LogP contribution in [0.25, 0.3) is 11.3 Å². The van der Waals surface area contributed by atoms with Gasteiger partial charge in [-0.1, -0.05) is 0 Å². The lowest BCUT2D eigenvalue weighted by atomic mass is 10.2. The van der Waals surface area contributed by atoms with Gasteiger partial charge in [-0.2, -0.15) is 0 Å². The van der Waals surface area contributed by atoms with E-state index in [1.807, 2.05) is 19.2 Å². The molecule has 2 nitrogen and oxygen atoms in total. The van der Waals surface area contributed by atoms with Crippen molar-refractivity contribution in [1.29, 1.82) is 0 Å². The molecule has 0 saturated heterocycles. The van der Waals surface area contributed by atoms with Gasteiger partial charge in [0.05, 0.1) is 6.54 Å². The Morgan fingerprint density at radius 2 is 2.29 bits per heavy atom. The van der Waals surface area contributed by atoms with Gasteiger partial charge in [-0.25, -0.2) is 0 Å². The van der Waals surface area contributed by atoms with Crippen molar-refractivity contribution in [2.45, 2.75) is 13.5 Å². The molecule has 0 fully saturated rings. The van der Waals surface area contributed by atoms with E-state index in [4.69, 9.17) is 4.42 Å². The number of thiophene rings is 1. The zero-order chi connectivity index (χ0) is 9.97. The molecule has 0 aliphatic rings. The van der Waals surface area contributed by atoms with E-state index in [-0.39, 0.29) is 0 Å². The number of nitrogens with one attached hydrogen (secondary N) is 1. The fourth-order valence-corrected chi connectivity index (χ4v) is 2.07. The summed E-state index contributed by atoms with van der Waals surface area (Å²) in [5, 5.41) is 5.19. The van der Waals surface area contributed by atoms with Gasteiger partial charge < -0.3 is 9.73 Å². The molecule has 0 unspecified atom stereocenters. The second kappa shape index (κ2) is 3.98. The quantitative estimate of drug-likeness (QED) is 0.837. The fraction of sp³-hybridized carbons (Fsp3) is 0.273. The lowest BCUT2D eigenvalue weighted by molar-refractivity contribution is 0.507. The van der Waals surface area contributed by atoms with Gasteiger partial charge in [0.2, 0.25) is 0 Å². The molecule has 2 heterocycles.